The molecule has 518 valence electrons. The van der Waals surface area contributed by atoms with E-state index < -0.39 is 86.8 Å². The van der Waals surface area contributed by atoms with Crippen LogP contribution in [0, 0.1) is 0 Å². The predicted molar refractivity (Wildman–Crippen MR) is 360 cm³/mol. The first-order valence-electron chi connectivity index (χ1n) is 37.2. The third-order valence-corrected chi connectivity index (χ3v) is 18.3. The molecule has 2 heterocycles. The van der Waals surface area contributed by atoms with Gasteiger partial charge in [-0.3, -0.25) is 4.79 Å². The van der Waals surface area contributed by atoms with Gasteiger partial charge in [0.1, 0.15) is 48.8 Å². The van der Waals surface area contributed by atoms with Crippen LogP contribution in [0.4, 0.5) is 0 Å². The molecule has 0 aromatic heterocycles. The third-order valence-electron chi connectivity index (χ3n) is 18.3. The van der Waals surface area contributed by atoms with Crippen LogP contribution in [0.1, 0.15) is 335 Å². The standard InChI is InChI=1S/C74H139NO13/c1-3-5-7-9-11-13-15-17-19-21-23-25-26-27-28-29-30-31-32-33-34-35-36-38-40-42-44-46-48-50-52-54-56-58-66(79)75-62(63(78)57-55-53-51-49-47-45-43-41-39-37-24-22-20-18-16-14-12-10-8-6-4-2)61-85-73-71(84)69(82)72(65(60-77)87-73)88-74-70(83)68(81)67(80)64(59-76)86-74/h39,41,47,49,55,57,62-65,67-74,76-78,80-84H,3-38,40,42-46,48,50-54,56,58-61H2,1-2H3,(H,75,79)/b41-39+,49-47+,57-55+. The average Bonchev–Trinajstić information content (AvgIpc) is 2.02. The van der Waals surface area contributed by atoms with Crippen molar-refractivity contribution in [2.75, 3.05) is 19.8 Å². The third kappa shape index (κ3) is 42.4. The molecule has 0 aliphatic carbocycles. The van der Waals surface area contributed by atoms with Gasteiger partial charge < -0.3 is 65.1 Å². The smallest absolute Gasteiger partial charge is 0.220 e. The molecule has 0 saturated carbocycles. The molecule has 12 atom stereocenters. The number of nitrogens with one attached hydrogen (secondary N) is 1. The highest BCUT2D eigenvalue weighted by molar-refractivity contribution is 5.76. The summed E-state index contributed by atoms with van der Waals surface area (Å²) >= 11 is 0. The first kappa shape index (κ1) is 82.3. The number of hydrogen-bond donors (Lipinski definition) is 9. The molecule has 2 rings (SSSR count). The summed E-state index contributed by atoms with van der Waals surface area (Å²) in [7, 11) is 0. The van der Waals surface area contributed by atoms with Gasteiger partial charge in [0.2, 0.25) is 5.91 Å². The van der Waals surface area contributed by atoms with Crippen molar-refractivity contribution in [3.05, 3.63) is 36.5 Å². The number of carbonyl (C=O) groups is 1. The summed E-state index contributed by atoms with van der Waals surface area (Å²) in [4.78, 5) is 13.3. The molecular weight excluding hydrogens is 1110 g/mol. The largest absolute Gasteiger partial charge is 0.394 e. The summed E-state index contributed by atoms with van der Waals surface area (Å²) in [6.07, 6.45) is 59.4. The SMILES string of the molecule is CCCCCCCCCCCCC/C=C/CC/C=C/CC/C=C/C(O)C(COC1OC(CO)C(OC2OC(CO)C(O)C(O)C2O)C(O)C1O)NC(=O)CCCCCCCCCCCCCCCCCCCCCCCCCCCCCCCCCCC. The molecule has 2 aliphatic heterocycles. The summed E-state index contributed by atoms with van der Waals surface area (Å²) < 4.78 is 22.8. The number of aliphatic hydroxyl groups excluding tert-OH is 8. The van der Waals surface area contributed by atoms with Gasteiger partial charge >= 0.3 is 0 Å². The number of allylic oxidation sites excluding steroid dienone is 5. The Morgan fingerprint density at radius 2 is 0.727 bits per heavy atom. The van der Waals surface area contributed by atoms with Crippen LogP contribution in [-0.2, 0) is 23.7 Å². The van der Waals surface area contributed by atoms with Crippen molar-refractivity contribution in [2.45, 2.75) is 408 Å². The van der Waals surface area contributed by atoms with Crippen molar-refractivity contribution in [3.8, 4) is 0 Å². The van der Waals surface area contributed by atoms with E-state index in [0.29, 0.717) is 12.8 Å². The molecule has 2 aliphatic rings. The zero-order valence-corrected chi connectivity index (χ0v) is 56.5. The first-order valence-corrected chi connectivity index (χ1v) is 37.2. The molecule has 0 aromatic rings. The normalized spacial score (nSPS) is 23.3. The van der Waals surface area contributed by atoms with Crippen LogP contribution >= 0.6 is 0 Å². The maximum atomic E-state index is 13.3. The van der Waals surface area contributed by atoms with Crippen molar-refractivity contribution < 1.29 is 64.6 Å². The second kappa shape index (κ2) is 59.0. The zero-order chi connectivity index (χ0) is 63.8. The van der Waals surface area contributed by atoms with E-state index in [1.165, 1.54) is 257 Å². The highest BCUT2D eigenvalue weighted by Gasteiger charge is 2.51. The van der Waals surface area contributed by atoms with E-state index in [9.17, 15) is 45.6 Å². The molecule has 0 spiro atoms. The van der Waals surface area contributed by atoms with Crippen LogP contribution in [0.15, 0.2) is 36.5 Å². The van der Waals surface area contributed by atoms with Gasteiger partial charge in [0.15, 0.2) is 12.6 Å². The number of unbranched alkanes of at least 4 members (excludes halogenated alkanes) is 45. The Labute approximate surface area is 538 Å². The van der Waals surface area contributed by atoms with Crippen molar-refractivity contribution in [1.82, 2.24) is 5.32 Å². The lowest BCUT2D eigenvalue weighted by molar-refractivity contribution is -0.359. The van der Waals surface area contributed by atoms with Gasteiger partial charge in [-0.15, -0.1) is 0 Å². The van der Waals surface area contributed by atoms with E-state index in [2.05, 4.69) is 43.5 Å². The van der Waals surface area contributed by atoms with E-state index in [1.54, 1.807) is 6.08 Å². The summed E-state index contributed by atoms with van der Waals surface area (Å²) in [6, 6.07) is -0.937. The first-order chi connectivity index (χ1) is 43.1. The van der Waals surface area contributed by atoms with Crippen LogP contribution in [0.3, 0.4) is 0 Å². The molecule has 88 heavy (non-hydrogen) atoms. The van der Waals surface area contributed by atoms with Crippen molar-refractivity contribution in [3.63, 3.8) is 0 Å². The van der Waals surface area contributed by atoms with Crippen molar-refractivity contribution in [2.24, 2.45) is 0 Å². The molecule has 0 aromatic carbocycles. The minimum atomic E-state index is -1.79. The Morgan fingerprint density at radius 3 is 1.11 bits per heavy atom. The molecule has 14 nitrogen and oxygen atoms in total. The molecule has 14 heteroatoms. The Hall–Kier alpha value is -1.79. The monoisotopic (exact) mass is 1250 g/mol. The van der Waals surface area contributed by atoms with Gasteiger partial charge in [0, 0.05) is 6.42 Å². The summed E-state index contributed by atoms with van der Waals surface area (Å²) in [5.74, 6) is -0.246. The Balaban J connectivity index is 1.64. The molecule has 2 fully saturated rings. The van der Waals surface area contributed by atoms with Crippen LogP contribution in [0.2, 0.25) is 0 Å². The molecule has 0 bridgehead atoms. The Morgan fingerprint density at radius 1 is 0.398 bits per heavy atom. The minimum Gasteiger partial charge on any atom is -0.394 e. The second-order valence-corrected chi connectivity index (χ2v) is 26.4. The molecule has 12 unspecified atom stereocenters. The fourth-order valence-corrected chi connectivity index (χ4v) is 12.4. The van der Waals surface area contributed by atoms with E-state index in [1.807, 2.05) is 6.08 Å². The fourth-order valence-electron chi connectivity index (χ4n) is 12.4. The maximum Gasteiger partial charge on any atom is 0.220 e. The number of rotatable bonds is 62. The molecule has 2 saturated heterocycles. The van der Waals surface area contributed by atoms with E-state index >= 15 is 0 Å². The van der Waals surface area contributed by atoms with Gasteiger partial charge in [-0.05, 0) is 44.9 Å². The highest BCUT2D eigenvalue weighted by atomic mass is 16.7. The van der Waals surface area contributed by atoms with Gasteiger partial charge in [-0.1, -0.05) is 320 Å². The van der Waals surface area contributed by atoms with Crippen LogP contribution in [0.25, 0.3) is 0 Å². The summed E-state index contributed by atoms with van der Waals surface area (Å²) in [5, 5.41) is 87.4. The Bertz CT molecular complexity index is 1620. The maximum absolute atomic E-state index is 13.3. The van der Waals surface area contributed by atoms with Crippen LogP contribution in [-0.4, -0.2) is 140 Å². The minimum absolute atomic E-state index is 0.246. The van der Waals surface area contributed by atoms with Crippen molar-refractivity contribution in [1.29, 1.82) is 0 Å². The molecular formula is C74H139NO13. The zero-order valence-electron chi connectivity index (χ0n) is 56.5. The second-order valence-electron chi connectivity index (χ2n) is 26.4. The molecule has 0 radical (unpaired) electrons. The van der Waals surface area contributed by atoms with Crippen LogP contribution < -0.4 is 5.32 Å². The van der Waals surface area contributed by atoms with E-state index in [4.69, 9.17) is 18.9 Å². The van der Waals surface area contributed by atoms with Gasteiger partial charge in [-0.25, -0.2) is 0 Å². The Kier molecular flexibility index (Phi) is 55.2. The van der Waals surface area contributed by atoms with Gasteiger partial charge in [0.25, 0.3) is 0 Å². The fraction of sp³-hybridized carbons (Fsp3) is 0.905. The number of ether oxygens (including phenoxy) is 4. The predicted octanol–water partition coefficient (Wildman–Crippen LogP) is 15.7. The lowest BCUT2D eigenvalue weighted by atomic mass is 9.97. The number of hydrogen-bond acceptors (Lipinski definition) is 13. The lowest BCUT2D eigenvalue weighted by Gasteiger charge is -2.46. The quantitative estimate of drug-likeness (QED) is 0.0204. The summed E-state index contributed by atoms with van der Waals surface area (Å²) in [6.45, 7) is 2.83. The highest BCUT2D eigenvalue weighted by Crippen LogP contribution is 2.30. The number of carbonyl (C=O) groups excluding carboxylic acids is 1. The molecule has 1 amide bonds. The summed E-state index contributed by atoms with van der Waals surface area (Å²) in [5.41, 5.74) is 0. The number of amides is 1. The van der Waals surface area contributed by atoms with Crippen LogP contribution in [0.5, 0.6) is 0 Å². The van der Waals surface area contributed by atoms with Gasteiger partial charge in [0.05, 0.1) is 32.0 Å². The van der Waals surface area contributed by atoms with Gasteiger partial charge in [-0.2, -0.15) is 0 Å². The average molecular weight is 1250 g/mol. The number of aliphatic hydroxyl groups is 8. The topological polar surface area (TPSA) is 228 Å². The molecule has 9 N–H and O–H groups in total. The lowest BCUT2D eigenvalue weighted by Crippen LogP contribution is -2.65. The van der Waals surface area contributed by atoms with E-state index in [-0.39, 0.29) is 18.9 Å². The van der Waals surface area contributed by atoms with Crippen molar-refractivity contribution >= 4 is 5.91 Å². The van der Waals surface area contributed by atoms with E-state index in [0.717, 1.165) is 44.9 Å².